The first-order valence-electron chi connectivity index (χ1n) is 5.36. The van der Waals surface area contributed by atoms with Crippen molar-refractivity contribution in [3.05, 3.63) is 28.2 Å². The number of benzene rings is 1. The van der Waals surface area contributed by atoms with Gasteiger partial charge in [0.25, 0.3) is 0 Å². The summed E-state index contributed by atoms with van der Waals surface area (Å²) in [4.78, 5) is 0. The summed E-state index contributed by atoms with van der Waals surface area (Å²) in [6, 6.07) is 6.25. The van der Waals surface area contributed by atoms with Crippen molar-refractivity contribution in [2.75, 3.05) is 13.2 Å². The van der Waals surface area contributed by atoms with Crippen molar-refractivity contribution in [3.63, 3.8) is 0 Å². The predicted octanol–water partition coefficient (Wildman–Crippen LogP) is 2.79. The normalized spacial score (nSPS) is 28.9. The minimum absolute atomic E-state index is 0.368. The molecule has 2 nitrogen and oxygen atoms in total. The molecular formula is C12H13BrO2. The van der Waals surface area contributed by atoms with E-state index >= 15 is 0 Å². The summed E-state index contributed by atoms with van der Waals surface area (Å²) in [5.74, 6) is 1.60. The van der Waals surface area contributed by atoms with Gasteiger partial charge < -0.3 is 9.47 Å². The van der Waals surface area contributed by atoms with E-state index in [4.69, 9.17) is 9.47 Å². The van der Waals surface area contributed by atoms with Crippen molar-refractivity contribution in [3.8, 4) is 5.75 Å². The van der Waals surface area contributed by atoms with Gasteiger partial charge >= 0.3 is 0 Å². The van der Waals surface area contributed by atoms with Crippen molar-refractivity contribution < 1.29 is 9.47 Å². The van der Waals surface area contributed by atoms with Gasteiger partial charge in [-0.15, -0.1) is 0 Å². The van der Waals surface area contributed by atoms with Crippen molar-refractivity contribution >= 4 is 15.9 Å². The average Bonchev–Trinajstić information content (AvgIpc) is 2.26. The van der Waals surface area contributed by atoms with Gasteiger partial charge in [0.15, 0.2) is 0 Å². The van der Waals surface area contributed by atoms with Gasteiger partial charge in [-0.05, 0) is 30.2 Å². The molecule has 1 fully saturated rings. The van der Waals surface area contributed by atoms with Gasteiger partial charge in [0.05, 0.1) is 13.2 Å². The molecule has 1 aromatic carbocycles. The van der Waals surface area contributed by atoms with Crippen LogP contribution >= 0.6 is 15.9 Å². The Hall–Kier alpha value is -0.540. The fourth-order valence-corrected chi connectivity index (χ4v) is 2.80. The SMILES string of the molecule is Brc1ccc2c(c1)C[C@@H]1COCC[C@@H]1O2. The molecule has 2 heterocycles. The maximum absolute atomic E-state index is 5.99. The maximum Gasteiger partial charge on any atom is 0.123 e. The summed E-state index contributed by atoms with van der Waals surface area (Å²) in [6.45, 7) is 1.68. The molecule has 0 aromatic heterocycles. The van der Waals surface area contributed by atoms with E-state index < -0.39 is 0 Å². The number of ether oxygens (including phenoxy) is 2. The summed E-state index contributed by atoms with van der Waals surface area (Å²) in [7, 11) is 0. The lowest BCUT2D eigenvalue weighted by atomic mass is 9.88. The third-order valence-corrected chi connectivity index (χ3v) is 3.68. The summed E-state index contributed by atoms with van der Waals surface area (Å²) in [6.07, 6.45) is 2.48. The van der Waals surface area contributed by atoms with Crippen molar-refractivity contribution in [2.24, 2.45) is 5.92 Å². The molecule has 0 saturated carbocycles. The molecule has 2 aliphatic heterocycles. The van der Waals surface area contributed by atoms with Crippen LogP contribution in [0.2, 0.25) is 0 Å². The first-order valence-corrected chi connectivity index (χ1v) is 6.15. The second-order valence-electron chi connectivity index (χ2n) is 4.24. The zero-order valence-corrected chi connectivity index (χ0v) is 10.00. The second-order valence-corrected chi connectivity index (χ2v) is 5.15. The fourth-order valence-electron chi connectivity index (χ4n) is 2.39. The van der Waals surface area contributed by atoms with Crippen LogP contribution in [0, 0.1) is 5.92 Å². The van der Waals surface area contributed by atoms with E-state index in [2.05, 4.69) is 28.1 Å². The molecule has 3 rings (SSSR count). The Balaban J connectivity index is 1.92. The molecular weight excluding hydrogens is 256 g/mol. The van der Waals surface area contributed by atoms with Crippen LogP contribution in [0.4, 0.5) is 0 Å². The van der Waals surface area contributed by atoms with Gasteiger partial charge in [0, 0.05) is 16.8 Å². The van der Waals surface area contributed by atoms with Crippen molar-refractivity contribution in [1.29, 1.82) is 0 Å². The summed E-state index contributed by atoms with van der Waals surface area (Å²) in [5.41, 5.74) is 1.30. The lowest BCUT2D eigenvalue weighted by Gasteiger charge is -2.36. The van der Waals surface area contributed by atoms with E-state index in [1.165, 1.54) is 5.56 Å². The summed E-state index contributed by atoms with van der Waals surface area (Å²) in [5, 5.41) is 0. The number of halogens is 1. The summed E-state index contributed by atoms with van der Waals surface area (Å²) >= 11 is 3.49. The van der Waals surface area contributed by atoms with E-state index in [0.29, 0.717) is 12.0 Å². The minimum atomic E-state index is 0.368. The molecule has 0 spiro atoms. The number of hydrogen-bond acceptors (Lipinski definition) is 2. The Kier molecular flexibility index (Phi) is 2.45. The molecule has 1 saturated heterocycles. The molecule has 3 heteroatoms. The fraction of sp³-hybridized carbons (Fsp3) is 0.500. The first kappa shape index (κ1) is 9.67. The molecule has 0 bridgehead atoms. The molecule has 80 valence electrons. The van der Waals surface area contributed by atoms with Crippen LogP contribution in [0.1, 0.15) is 12.0 Å². The van der Waals surface area contributed by atoms with Crippen LogP contribution in [0.15, 0.2) is 22.7 Å². The Bertz CT molecular complexity index is 378. The van der Waals surface area contributed by atoms with Crippen LogP contribution < -0.4 is 4.74 Å². The molecule has 15 heavy (non-hydrogen) atoms. The molecule has 0 radical (unpaired) electrons. The monoisotopic (exact) mass is 268 g/mol. The quantitative estimate of drug-likeness (QED) is 0.721. The van der Waals surface area contributed by atoms with Crippen LogP contribution in [-0.4, -0.2) is 19.3 Å². The molecule has 0 unspecified atom stereocenters. The highest BCUT2D eigenvalue weighted by Crippen LogP contribution is 2.35. The Morgan fingerprint density at radius 1 is 1.33 bits per heavy atom. The molecule has 0 aliphatic carbocycles. The largest absolute Gasteiger partial charge is 0.490 e. The lowest BCUT2D eigenvalue weighted by Crippen LogP contribution is -2.40. The topological polar surface area (TPSA) is 18.5 Å². The second kappa shape index (κ2) is 3.80. The molecule has 0 amide bonds. The third kappa shape index (κ3) is 1.79. The van der Waals surface area contributed by atoms with Crippen molar-refractivity contribution in [1.82, 2.24) is 0 Å². The average molecular weight is 269 g/mol. The smallest absolute Gasteiger partial charge is 0.123 e. The zero-order valence-electron chi connectivity index (χ0n) is 8.41. The minimum Gasteiger partial charge on any atom is -0.490 e. The molecule has 2 aliphatic rings. The van der Waals surface area contributed by atoms with Gasteiger partial charge in [-0.3, -0.25) is 0 Å². The number of fused-ring (bicyclic) bond motifs is 2. The van der Waals surface area contributed by atoms with Gasteiger partial charge in [0.2, 0.25) is 0 Å². The van der Waals surface area contributed by atoms with E-state index in [1.807, 2.05) is 6.07 Å². The highest BCUT2D eigenvalue weighted by atomic mass is 79.9. The van der Waals surface area contributed by atoms with E-state index in [1.54, 1.807) is 0 Å². The van der Waals surface area contributed by atoms with E-state index in [9.17, 15) is 0 Å². The van der Waals surface area contributed by atoms with Crippen molar-refractivity contribution in [2.45, 2.75) is 18.9 Å². The highest BCUT2D eigenvalue weighted by molar-refractivity contribution is 9.10. The molecule has 1 aromatic rings. The van der Waals surface area contributed by atoms with Gasteiger partial charge in [0.1, 0.15) is 11.9 Å². The Morgan fingerprint density at radius 2 is 2.27 bits per heavy atom. The standard InChI is InChI=1S/C12H13BrO2/c13-10-1-2-11-8(6-10)5-9-7-14-4-3-12(9)15-11/h1-2,6,9,12H,3-5,7H2/t9-,12+/m1/s1. The van der Waals surface area contributed by atoms with Crippen LogP contribution in [0.3, 0.4) is 0 Å². The van der Waals surface area contributed by atoms with Gasteiger partial charge in [-0.25, -0.2) is 0 Å². The Morgan fingerprint density at radius 3 is 3.20 bits per heavy atom. The van der Waals surface area contributed by atoms with E-state index in [0.717, 1.165) is 36.3 Å². The van der Waals surface area contributed by atoms with E-state index in [-0.39, 0.29) is 0 Å². The number of hydrogen-bond donors (Lipinski definition) is 0. The number of rotatable bonds is 0. The predicted molar refractivity (Wildman–Crippen MR) is 61.2 cm³/mol. The first-order chi connectivity index (χ1) is 7.33. The molecule has 2 atom stereocenters. The summed E-state index contributed by atoms with van der Waals surface area (Å²) < 4.78 is 12.6. The van der Waals surface area contributed by atoms with Crippen LogP contribution in [0.25, 0.3) is 0 Å². The zero-order chi connectivity index (χ0) is 10.3. The molecule has 0 N–H and O–H groups in total. The maximum atomic E-state index is 5.99. The van der Waals surface area contributed by atoms with Gasteiger partial charge in [-0.2, -0.15) is 0 Å². The lowest BCUT2D eigenvalue weighted by molar-refractivity contribution is -0.0321. The van der Waals surface area contributed by atoms with Crippen LogP contribution in [0.5, 0.6) is 5.75 Å². The van der Waals surface area contributed by atoms with Crippen LogP contribution in [-0.2, 0) is 11.2 Å². The van der Waals surface area contributed by atoms with Gasteiger partial charge in [-0.1, -0.05) is 15.9 Å². The highest BCUT2D eigenvalue weighted by Gasteiger charge is 2.32. The Labute approximate surface area is 97.7 Å². The third-order valence-electron chi connectivity index (χ3n) is 3.19.